The molecule has 19 heavy (non-hydrogen) atoms. The van der Waals surface area contributed by atoms with Gasteiger partial charge in [0.1, 0.15) is 0 Å². The fourth-order valence-corrected chi connectivity index (χ4v) is 3.46. The third kappa shape index (κ3) is 2.74. The molecule has 0 amide bonds. The Morgan fingerprint density at radius 2 is 1.68 bits per heavy atom. The number of aliphatic hydroxyl groups excluding tert-OH is 1. The Balaban J connectivity index is 1.76. The molecular formula is C17H22O2. The third-order valence-corrected chi connectivity index (χ3v) is 4.70. The van der Waals surface area contributed by atoms with Crippen LogP contribution in [0.15, 0.2) is 18.2 Å². The first-order valence-corrected chi connectivity index (χ1v) is 7.58. The van der Waals surface area contributed by atoms with Crippen LogP contribution in [0.5, 0.6) is 0 Å². The van der Waals surface area contributed by atoms with Crippen LogP contribution in [-0.2, 0) is 12.8 Å². The Labute approximate surface area is 114 Å². The van der Waals surface area contributed by atoms with E-state index in [1.165, 1.54) is 30.4 Å². The lowest BCUT2D eigenvalue weighted by molar-refractivity contribution is 0.0764. The summed E-state index contributed by atoms with van der Waals surface area (Å²) >= 11 is 0. The minimum atomic E-state index is -0.187. The van der Waals surface area contributed by atoms with Crippen LogP contribution in [0, 0.1) is 5.92 Å². The van der Waals surface area contributed by atoms with Crippen LogP contribution in [0.25, 0.3) is 0 Å². The standard InChI is InChI=1S/C17H22O2/c18-16-9-7-13(8-10-16)17(19)15-6-5-12-3-1-2-4-14(12)11-15/h5-6,11,13,16,18H,1-4,7-10H2. The van der Waals surface area contributed by atoms with Gasteiger partial charge in [0.2, 0.25) is 0 Å². The summed E-state index contributed by atoms with van der Waals surface area (Å²) in [4.78, 5) is 12.5. The second-order valence-electron chi connectivity index (χ2n) is 6.06. The molecule has 0 atom stereocenters. The molecular weight excluding hydrogens is 236 g/mol. The number of carbonyl (C=O) groups is 1. The van der Waals surface area contributed by atoms with E-state index < -0.39 is 0 Å². The van der Waals surface area contributed by atoms with E-state index in [2.05, 4.69) is 12.1 Å². The molecule has 0 aliphatic heterocycles. The van der Waals surface area contributed by atoms with Gasteiger partial charge in [-0.25, -0.2) is 0 Å². The summed E-state index contributed by atoms with van der Waals surface area (Å²) in [6, 6.07) is 6.29. The average molecular weight is 258 g/mol. The van der Waals surface area contributed by atoms with Crippen molar-refractivity contribution in [3.05, 3.63) is 34.9 Å². The second kappa shape index (κ2) is 5.46. The molecule has 1 aromatic carbocycles. The van der Waals surface area contributed by atoms with Gasteiger partial charge in [-0.3, -0.25) is 4.79 Å². The molecule has 0 saturated heterocycles. The summed E-state index contributed by atoms with van der Waals surface area (Å²) < 4.78 is 0. The predicted octanol–water partition coefficient (Wildman–Crippen LogP) is 3.30. The second-order valence-corrected chi connectivity index (χ2v) is 6.06. The lowest BCUT2D eigenvalue weighted by Crippen LogP contribution is -2.24. The quantitative estimate of drug-likeness (QED) is 0.826. The molecule has 0 unspecified atom stereocenters. The fraction of sp³-hybridized carbons (Fsp3) is 0.588. The van der Waals surface area contributed by atoms with Crippen molar-refractivity contribution in [1.29, 1.82) is 0 Å². The van der Waals surface area contributed by atoms with Crippen molar-refractivity contribution in [2.24, 2.45) is 5.92 Å². The number of carbonyl (C=O) groups excluding carboxylic acids is 1. The Kier molecular flexibility index (Phi) is 3.69. The van der Waals surface area contributed by atoms with E-state index in [0.29, 0.717) is 5.78 Å². The van der Waals surface area contributed by atoms with E-state index in [4.69, 9.17) is 0 Å². The highest BCUT2D eigenvalue weighted by molar-refractivity contribution is 5.98. The smallest absolute Gasteiger partial charge is 0.165 e. The van der Waals surface area contributed by atoms with Crippen LogP contribution in [0.1, 0.15) is 60.0 Å². The summed E-state index contributed by atoms with van der Waals surface area (Å²) in [6.07, 6.45) is 7.88. The summed E-state index contributed by atoms with van der Waals surface area (Å²) in [5, 5.41) is 9.53. The maximum atomic E-state index is 12.5. The van der Waals surface area contributed by atoms with Crippen LogP contribution in [0.2, 0.25) is 0 Å². The first kappa shape index (κ1) is 12.9. The predicted molar refractivity (Wildman–Crippen MR) is 75.4 cm³/mol. The summed E-state index contributed by atoms with van der Waals surface area (Å²) in [5.74, 6) is 0.422. The maximum absolute atomic E-state index is 12.5. The van der Waals surface area contributed by atoms with Crippen molar-refractivity contribution in [3.8, 4) is 0 Å². The highest BCUT2D eigenvalue weighted by atomic mass is 16.3. The van der Waals surface area contributed by atoms with Crippen LogP contribution in [0.3, 0.4) is 0 Å². The van der Waals surface area contributed by atoms with Gasteiger partial charge >= 0.3 is 0 Å². The average Bonchev–Trinajstić information content (AvgIpc) is 2.47. The Morgan fingerprint density at radius 3 is 2.42 bits per heavy atom. The molecule has 3 rings (SSSR count). The minimum Gasteiger partial charge on any atom is -0.393 e. The number of rotatable bonds is 2. The molecule has 102 valence electrons. The summed E-state index contributed by atoms with van der Waals surface area (Å²) in [6.45, 7) is 0. The topological polar surface area (TPSA) is 37.3 Å². The van der Waals surface area contributed by atoms with Crippen molar-refractivity contribution >= 4 is 5.78 Å². The molecule has 0 heterocycles. The number of hydrogen-bond acceptors (Lipinski definition) is 2. The van der Waals surface area contributed by atoms with Crippen LogP contribution in [-0.4, -0.2) is 17.0 Å². The monoisotopic (exact) mass is 258 g/mol. The SMILES string of the molecule is O=C(c1ccc2c(c1)CCCC2)C1CCC(O)CC1. The van der Waals surface area contributed by atoms with Crippen LogP contribution >= 0.6 is 0 Å². The van der Waals surface area contributed by atoms with Gasteiger partial charge < -0.3 is 5.11 Å². The highest BCUT2D eigenvalue weighted by Crippen LogP contribution is 2.29. The highest BCUT2D eigenvalue weighted by Gasteiger charge is 2.26. The van der Waals surface area contributed by atoms with E-state index in [-0.39, 0.29) is 12.0 Å². The van der Waals surface area contributed by atoms with Crippen molar-refractivity contribution in [2.45, 2.75) is 57.5 Å². The molecule has 1 aromatic rings. The van der Waals surface area contributed by atoms with Crippen molar-refractivity contribution in [2.75, 3.05) is 0 Å². The van der Waals surface area contributed by atoms with Crippen molar-refractivity contribution in [3.63, 3.8) is 0 Å². The fourth-order valence-electron chi connectivity index (χ4n) is 3.46. The van der Waals surface area contributed by atoms with Crippen LogP contribution in [0.4, 0.5) is 0 Å². The molecule has 2 nitrogen and oxygen atoms in total. The van der Waals surface area contributed by atoms with E-state index in [1.807, 2.05) is 6.07 Å². The first-order chi connectivity index (χ1) is 9.24. The zero-order valence-electron chi connectivity index (χ0n) is 11.4. The van der Waals surface area contributed by atoms with Gasteiger partial charge in [0, 0.05) is 11.5 Å². The van der Waals surface area contributed by atoms with Gasteiger partial charge in [-0.1, -0.05) is 12.1 Å². The van der Waals surface area contributed by atoms with Crippen LogP contribution < -0.4 is 0 Å². The van der Waals surface area contributed by atoms with E-state index in [1.54, 1.807) is 0 Å². The number of benzene rings is 1. The number of Topliss-reactive ketones (excluding diaryl/α,β-unsaturated/α-hetero) is 1. The van der Waals surface area contributed by atoms with E-state index in [9.17, 15) is 9.90 Å². The van der Waals surface area contributed by atoms with E-state index >= 15 is 0 Å². The maximum Gasteiger partial charge on any atom is 0.165 e. The molecule has 1 fully saturated rings. The Bertz CT molecular complexity index is 470. The molecule has 2 aliphatic rings. The Morgan fingerprint density at radius 1 is 1.00 bits per heavy atom. The number of hydrogen-bond donors (Lipinski definition) is 1. The zero-order chi connectivity index (χ0) is 13.2. The van der Waals surface area contributed by atoms with Gasteiger partial charge in [-0.2, -0.15) is 0 Å². The largest absolute Gasteiger partial charge is 0.393 e. The molecule has 1 N–H and O–H groups in total. The van der Waals surface area contributed by atoms with Crippen molar-refractivity contribution < 1.29 is 9.90 Å². The van der Waals surface area contributed by atoms with Gasteiger partial charge in [0.25, 0.3) is 0 Å². The van der Waals surface area contributed by atoms with Gasteiger partial charge in [-0.05, 0) is 68.6 Å². The molecule has 0 bridgehead atoms. The van der Waals surface area contributed by atoms with Gasteiger partial charge in [0.15, 0.2) is 5.78 Å². The number of aryl methyl sites for hydroxylation is 2. The third-order valence-electron chi connectivity index (χ3n) is 4.70. The summed E-state index contributed by atoms with van der Waals surface area (Å²) in [7, 11) is 0. The lowest BCUT2D eigenvalue weighted by atomic mass is 9.81. The lowest BCUT2D eigenvalue weighted by Gasteiger charge is -2.25. The molecule has 0 spiro atoms. The van der Waals surface area contributed by atoms with Crippen molar-refractivity contribution in [1.82, 2.24) is 0 Å². The van der Waals surface area contributed by atoms with Gasteiger partial charge in [0.05, 0.1) is 6.10 Å². The van der Waals surface area contributed by atoms with Gasteiger partial charge in [-0.15, -0.1) is 0 Å². The molecule has 1 saturated carbocycles. The van der Waals surface area contributed by atoms with E-state index in [0.717, 1.165) is 37.7 Å². The molecule has 0 radical (unpaired) electrons. The molecule has 2 aliphatic carbocycles. The number of aliphatic hydroxyl groups is 1. The minimum absolute atomic E-state index is 0.130. The number of fused-ring (bicyclic) bond motifs is 1. The normalized spacial score (nSPS) is 26.8. The zero-order valence-corrected chi connectivity index (χ0v) is 11.4. The molecule has 2 heteroatoms. The summed E-state index contributed by atoms with van der Waals surface area (Å²) in [5.41, 5.74) is 3.71. The number of ketones is 1. The Hall–Kier alpha value is -1.15. The molecule has 0 aromatic heterocycles. The first-order valence-electron chi connectivity index (χ1n) is 7.58.